The molecule has 0 bridgehead atoms. The molecule has 0 spiro atoms. The van der Waals surface area contributed by atoms with Gasteiger partial charge in [-0.15, -0.1) is 0 Å². The van der Waals surface area contributed by atoms with Crippen molar-refractivity contribution in [2.75, 3.05) is 0 Å². The largest absolute Gasteiger partial charge is 0.481 e. The van der Waals surface area contributed by atoms with Gasteiger partial charge in [-0.25, -0.2) is 0 Å². The van der Waals surface area contributed by atoms with E-state index in [1.54, 1.807) is 0 Å². The van der Waals surface area contributed by atoms with Gasteiger partial charge >= 0.3 is 5.97 Å². The maximum Gasteiger partial charge on any atom is 0.303 e. The predicted octanol–water partition coefficient (Wildman–Crippen LogP) is 4.77. The number of rotatable bonds is 12. The zero-order valence-electron chi connectivity index (χ0n) is 11.5. The summed E-state index contributed by atoms with van der Waals surface area (Å²) >= 11 is 0. The second-order valence-electron chi connectivity index (χ2n) is 4.68. The molecule has 17 heavy (non-hydrogen) atoms. The summed E-state index contributed by atoms with van der Waals surface area (Å²) in [5.74, 6) is -0.657. The first kappa shape index (κ1) is 19.7. The van der Waals surface area contributed by atoms with Gasteiger partial charge in [-0.2, -0.15) is 0 Å². The standard InChI is InChI=1S/C14H28O2.Hg/c1-2-3-4-5-6-7-8-9-10-11-12-13-14(15)16;/h2-13H2,1H3,(H,15,16);. The van der Waals surface area contributed by atoms with Gasteiger partial charge in [0.05, 0.1) is 0 Å². The molecule has 0 saturated carbocycles. The minimum Gasteiger partial charge on any atom is -0.481 e. The summed E-state index contributed by atoms with van der Waals surface area (Å²) in [6.07, 6.45) is 14.4. The van der Waals surface area contributed by atoms with E-state index in [9.17, 15) is 4.79 Å². The van der Waals surface area contributed by atoms with E-state index in [1.807, 2.05) is 0 Å². The molecule has 0 aliphatic rings. The van der Waals surface area contributed by atoms with Crippen LogP contribution in [0.4, 0.5) is 0 Å². The Morgan fingerprint density at radius 2 is 1.12 bits per heavy atom. The maximum atomic E-state index is 10.3. The summed E-state index contributed by atoms with van der Waals surface area (Å²) in [6, 6.07) is 0. The van der Waals surface area contributed by atoms with E-state index in [-0.39, 0.29) is 27.7 Å². The molecule has 0 aromatic heterocycles. The molecule has 0 atom stereocenters. The Morgan fingerprint density at radius 1 is 0.765 bits per heavy atom. The fraction of sp³-hybridized carbons (Fsp3) is 0.929. The van der Waals surface area contributed by atoms with E-state index < -0.39 is 5.97 Å². The average Bonchev–Trinajstić information content (AvgIpc) is 2.25. The SMILES string of the molecule is CCCCCCCCCCCCCC(=O)O.[Hg]. The van der Waals surface area contributed by atoms with Crippen LogP contribution in [0.5, 0.6) is 0 Å². The maximum absolute atomic E-state index is 10.3. The smallest absolute Gasteiger partial charge is 0.303 e. The van der Waals surface area contributed by atoms with Crippen molar-refractivity contribution in [2.45, 2.75) is 84.0 Å². The van der Waals surface area contributed by atoms with Gasteiger partial charge in [0.1, 0.15) is 0 Å². The van der Waals surface area contributed by atoms with Crippen LogP contribution in [-0.2, 0) is 32.5 Å². The van der Waals surface area contributed by atoms with E-state index in [0.29, 0.717) is 6.42 Å². The van der Waals surface area contributed by atoms with Crippen molar-refractivity contribution in [3.05, 3.63) is 0 Å². The summed E-state index contributed by atoms with van der Waals surface area (Å²) < 4.78 is 0. The van der Waals surface area contributed by atoms with E-state index >= 15 is 0 Å². The zero-order chi connectivity index (χ0) is 12.1. The van der Waals surface area contributed by atoms with Gasteiger partial charge in [-0.1, -0.05) is 71.1 Å². The fourth-order valence-electron chi connectivity index (χ4n) is 1.94. The molecule has 0 rings (SSSR count). The number of carboxylic acids is 1. The molecule has 1 N–H and O–H groups in total. The van der Waals surface area contributed by atoms with Gasteiger partial charge in [0.15, 0.2) is 0 Å². The van der Waals surface area contributed by atoms with Crippen molar-refractivity contribution in [3.8, 4) is 0 Å². The Bertz CT molecular complexity index is 160. The molecule has 2 nitrogen and oxygen atoms in total. The van der Waals surface area contributed by atoms with Crippen LogP contribution < -0.4 is 0 Å². The van der Waals surface area contributed by atoms with Gasteiger partial charge in [-0.3, -0.25) is 4.79 Å². The van der Waals surface area contributed by atoms with Crippen molar-refractivity contribution in [1.82, 2.24) is 0 Å². The van der Waals surface area contributed by atoms with E-state index in [1.165, 1.54) is 57.8 Å². The molecular formula is C14H28HgO2. The third kappa shape index (κ3) is 18.9. The monoisotopic (exact) mass is 430 g/mol. The number of carbonyl (C=O) groups is 1. The number of carboxylic acid groups (broad SMARTS) is 1. The van der Waals surface area contributed by atoms with Gasteiger partial charge < -0.3 is 5.11 Å². The molecule has 0 heterocycles. The third-order valence-corrected chi connectivity index (χ3v) is 2.99. The van der Waals surface area contributed by atoms with Crippen LogP contribution in [0.2, 0.25) is 0 Å². The average molecular weight is 429 g/mol. The van der Waals surface area contributed by atoms with Crippen LogP contribution in [-0.4, -0.2) is 11.1 Å². The third-order valence-electron chi connectivity index (χ3n) is 2.99. The topological polar surface area (TPSA) is 37.3 Å². The molecule has 0 aromatic rings. The Morgan fingerprint density at radius 3 is 1.47 bits per heavy atom. The zero-order valence-corrected chi connectivity index (χ0v) is 17.0. The molecule has 0 fully saturated rings. The Balaban J connectivity index is 0. The van der Waals surface area contributed by atoms with Crippen LogP contribution in [0, 0.1) is 0 Å². The molecule has 0 amide bonds. The summed E-state index contributed by atoms with van der Waals surface area (Å²) in [6.45, 7) is 2.25. The van der Waals surface area contributed by atoms with Crippen molar-refractivity contribution in [1.29, 1.82) is 0 Å². The second-order valence-corrected chi connectivity index (χ2v) is 4.68. The predicted molar refractivity (Wildman–Crippen MR) is 68.7 cm³/mol. The number of hydrogen-bond donors (Lipinski definition) is 1. The van der Waals surface area contributed by atoms with Gasteiger partial charge in [0, 0.05) is 34.1 Å². The Kier molecular flexibility index (Phi) is 19.0. The van der Waals surface area contributed by atoms with Crippen molar-refractivity contribution in [2.24, 2.45) is 0 Å². The van der Waals surface area contributed by atoms with Crippen molar-refractivity contribution in [3.63, 3.8) is 0 Å². The number of unbranched alkanes of at least 4 members (excludes halogenated alkanes) is 10. The van der Waals surface area contributed by atoms with E-state index in [2.05, 4.69) is 6.92 Å². The van der Waals surface area contributed by atoms with Crippen LogP contribution in [0.1, 0.15) is 84.0 Å². The fourth-order valence-corrected chi connectivity index (χ4v) is 1.94. The second kappa shape index (κ2) is 16.4. The van der Waals surface area contributed by atoms with Crippen LogP contribution in [0.3, 0.4) is 0 Å². The quantitative estimate of drug-likeness (QED) is 0.359. The minimum atomic E-state index is -0.657. The summed E-state index contributed by atoms with van der Waals surface area (Å²) in [5, 5.41) is 8.46. The molecule has 0 aromatic carbocycles. The van der Waals surface area contributed by atoms with Gasteiger partial charge in [-0.05, 0) is 6.42 Å². The Hall–Kier alpha value is 0.405. The first-order valence-corrected chi connectivity index (χ1v) is 6.99. The molecule has 0 aliphatic heterocycles. The number of aliphatic carboxylic acids is 1. The van der Waals surface area contributed by atoms with Gasteiger partial charge in [0.2, 0.25) is 0 Å². The molecular weight excluding hydrogens is 401 g/mol. The molecule has 0 radical (unpaired) electrons. The molecule has 0 saturated heterocycles. The first-order valence-electron chi connectivity index (χ1n) is 6.99. The first-order chi connectivity index (χ1) is 7.77. The summed E-state index contributed by atoms with van der Waals surface area (Å²) in [7, 11) is 0. The van der Waals surface area contributed by atoms with Crippen LogP contribution >= 0.6 is 0 Å². The van der Waals surface area contributed by atoms with E-state index in [4.69, 9.17) is 5.11 Å². The molecule has 98 valence electrons. The summed E-state index contributed by atoms with van der Waals surface area (Å²) in [4.78, 5) is 10.3. The molecule has 0 unspecified atom stereocenters. The normalized spacial score (nSPS) is 9.94. The molecule has 3 heteroatoms. The van der Waals surface area contributed by atoms with E-state index in [0.717, 1.165) is 12.8 Å². The van der Waals surface area contributed by atoms with Gasteiger partial charge in [0.25, 0.3) is 0 Å². The number of hydrogen-bond acceptors (Lipinski definition) is 1. The van der Waals surface area contributed by atoms with Crippen molar-refractivity contribution < 1.29 is 37.6 Å². The van der Waals surface area contributed by atoms with Crippen molar-refractivity contribution >= 4 is 5.97 Å². The molecule has 0 aliphatic carbocycles. The van der Waals surface area contributed by atoms with Crippen LogP contribution in [0.25, 0.3) is 0 Å². The minimum absolute atomic E-state index is 0. The Labute approximate surface area is 127 Å². The van der Waals surface area contributed by atoms with Crippen LogP contribution in [0.15, 0.2) is 0 Å². The summed E-state index contributed by atoms with van der Waals surface area (Å²) in [5.41, 5.74) is 0.